The van der Waals surface area contributed by atoms with Gasteiger partial charge in [-0.15, -0.1) is 0 Å². The van der Waals surface area contributed by atoms with Crippen LogP contribution in [0.25, 0.3) is 0 Å². The molecule has 116 valence electrons. The number of methoxy groups -OCH3 is 1. The first-order chi connectivity index (χ1) is 9.30. The molecule has 0 aromatic rings. The van der Waals surface area contributed by atoms with E-state index in [9.17, 15) is 0 Å². The van der Waals surface area contributed by atoms with E-state index in [1.165, 1.54) is 38.5 Å². The maximum Gasteiger partial charge on any atom is 0.0465 e. The second-order valence-electron chi connectivity index (χ2n) is 9.28. The normalized spacial score (nSPS) is 49.4. The Labute approximate surface area is 124 Å². The fourth-order valence-electron chi connectivity index (χ4n) is 6.99. The summed E-state index contributed by atoms with van der Waals surface area (Å²) in [4.78, 5) is 0. The van der Waals surface area contributed by atoms with E-state index in [2.05, 4.69) is 20.8 Å². The first-order valence-electron chi connectivity index (χ1n) is 8.54. The Bertz CT molecular complexity index is 362. The van der Waals surface area contributed by atoms with Crippen LogP contribution in [0.2, 0.25) is 0 Å². The van der Waals surface area contributed by atoms with Gasteiger partial charge in [0, 0.05) is 19.8 Å². The fourth-order valence-corrected chi connectivity index (χ4v) is 6.99. The highest BCUT2D eigenvalue weighted by atomic mass is 16.5. The molecule has 0 heterocycles. The molecule has 0 amide bonds. The zero-order chi connectivity index (χ0) is 14.6. The van der Waals surface area contributed by atoms with Crippen molar-refractivity contribution in [3.05, 3.63) is 0 Å². The Hall–Kier alpha value is -0.0800. The summed E-state index contributed by atoms with van der Waals surface area (Å²) in [7, 11) is 1.80. The van der Waals surface area contributed by atoms with Crippen molar-refractivity contribution in [2.45, 2.75) is 71.8 Å². The molecule has 0 saturated heterocycles. The molecule has 2 nitrogen and oxygen atoms in total. The van der Waals surface area contributed by atoms with Gasteiger partial charge >= 0.3 is 0 Å². The van der Waals surface area contributed by atoms with Crippen LogP contribution in [0, 0.1) is 28.1 Å². The predicted molar refractivity (Wildman–Crippen MR) is 83.5 cm³/mol. The molecule has 4 fully saturated rings. The first kappa shape index (κ1) is 14.8. The number of nitrogens with two attached hydrogens (primary N) is 1. The first-order valence-corrected chi connectivity index (χ1v) is 8.54. The van der Waals surface area contributed by atoms with Gasteiger partial charge in [0.25, 0.3) is 0 Å². The van der Waals surface area contributed by atoms with Gasteiger partial charge in [0.15, 0.2) is 0 Å². The van der Waals surface area contributed by atoms with Crippen molar-refractivity contribution in [2.75, 3.05) is 13.7 Å². The Morgan fingerprint density at radius 3 is 2.20 bits per heavy atom. The maximum absolute atomic E-state index is 6.82. The third-order valence-corrected chi connectivity index (χ3v) is 6.77. The second kappa shape index (κ2) is 4.71. The third-order valence-electron chi connectivity index (χ3n) is 6.77. The van der Waals surface area contributed by atoms with E-state index < -0.39 is 0 Å². The molecule has 4 aliphatic rings. The molecule has 0 aromatic heterocycles. The van der Waals surface area contributed by atoms with Crippen LogP contribution in [0.3, 0.4) is 0 Å². The molecule has 0 spiro atoms. The molecular weight excluding hydrogens is 246 g/mol. The zero-order valence-corrected chi connectivity index (χ0v) is 13.9. The van der Waals surface area contributed by atoms with Crippen LogP contribution in [0.15, 0.2) is 0 Å². The highest BCUT2D eigenvalue weighted by Gasteiger charge is 2.61. The van der Waals surface area contributed by atoms with Crippen LogP contribution in [0.5, 0.6) is 0 Å². The molecular formula is C18H33NO. The van der Waals surface area contributed by atoms with E-state index in [4.69, 9.17) is 10.5 Å². The minimum absolute atomic E-state index is 0.361. The van der Waals surface area contributed by atoms with Crippen LogP contribution < -0.4 is 5.73 Å². The molecule has 2 N–H and O–H groups in total. The van der Waals surface area contributed by atoms with Crippen molar-refractivity contribution < 1.29 is 4.74 Å². The van der Waals surface area contributed by atoms with Crippen LogP contribution in [-0.2, 0) is 4.74 Å². The Morgan fingerprint density at radius 1 is 1.10 bits per heavy atom. The van der Waals surface area contributed by atoms with Crippen molar-refractivity contribution in [3.63, 3.8) is 0 Å². The molecule has 2 heteroatoms. The lowest BCUT2D eigenvalue weighted by atomic mass is 9.38. The van der Waals surface area contributed by atoms with Crippen LogP contribution in [0.4, 0.5) is 0 Å². The molecule has 4 rings (SSSR count). The van der Waals surface area contributed by atoms with Gasteiger partial charge in [-0.2, -0.15) is 0 Å². The van der Waals surface area contributed by atoms with Gasteiger partial charge in [-0.3, -0.25) is 0 Å². The number of rotatable bonds is 5. The third kappa shape index (κ3) is 2.33. The Balaban J connectivity index is 1.81. The summed E-state index contributed by atoms with van der Waals surface area (Å²) in [6, 6.07) is 0.361. The van der Waals surface area contributed by atoms with Crippen LogP contribution in [-0.4, -0.2) is 19.8 Å². The lowest BCUT2D eigenvalue weighted by Crippen LogP contribution is -2.61. The van der Waals surface area contributed by atoms with Crippen LogP contribution in [0.1, 0.15) is 65.7 Å². The van der Waals surface area contributed by atoms with E-state index >= 15 is 0 Å². The van der Waals surface area contributed by atoms with Crippen LogP contribution >= 0.6 is 0 Å². The summed E-state index contributed by atoms with van der Waals surface area (Å²) in [5.41, 5.74) is 8.40. The SMILES string of the molecule is COCCC(C)C(N)C12CC3CC(C)(CC(C)(C3)C1)C2. The minimum atomic E-state index is 0.361. The van der Waals surface area contributed by atoms with Crippen molar-refractivity contribution in [3.8, 4) is 0 Å². The molecule has 0 aliphatic heterocycles. The van der Waals surface area contributed by atoms with Crippen molar-refractivity contribution in [1.29, 1.82) is 0 Å². The standard InChI is InChI=1S/C18H33NO/c1-13(5-6-20-4)15(19)18-9-14-7-16(2,11-18)10-17(3,8-14)12-18/h13-15H,5-12,19H2,1-4H3. The highest BCUT2D eigenvalue weighted by Crippen LogP contribution is 2.70. The van der Waals surface area contributed by atoms with E-state index in [1.807, 2.05) is 0 Å². The van der Waals surface area contributed by atoms with Gasteiger partial charge in [0.05, 0.1) is 0 Å². The van der Waals surface area contributed by atoms with Crippen molar-refractivity contribution in [2.24, 2.45) is 33.8 Å². The molecule has 20 heavy (non-hydrogen) atoms. The summed E-state index contributed by atoms with van der Waals surface area (Å²) in [5, 5.41) is 0. The quantitative estimate of drug-likeness (QED) is 0.826. The van der Waals surface area contributed by atoms with E-state index in [0.29, 0.717) is 28.2 Å². The van der Waals surface area contributed by atoms with Gasteiger partial charge in [-0.1, -0.05) is 20.8 Å². The van der Waals surface area contributed by atoms with Gasteiger partial charge in [0.1, 0.15) is 0 Å². The second-order valence-corrected chi connectivity index (χ2v) is 9.28. The topological polar surface area (TPSA) is 35.2 Å². The Morgan fingerprint density at radius 2 is 1.70 bits per heavy atom. The molecule has 4 bridgehead atoms. The summed E-state index contributed by atoms with van der Waals surface area (Å²) >= 11 is 0. The summed E-state index contributed by atoms with van der Waals surface area (Å²) in [6.07, 6.45) is 9.63. The molecule has 4 saturated carbocycles. The number of hydrogen-bond donors (Lipinski definition) is 1. The zero-order valence-electron chi connectivity index (χ0n) is 13.9. The van der Waals surface area contributed by atoms with E-state index in [1.54, 1.807) is 7.11 Å². The smallest absolute Gasteiger partial charge is 0.0465 e. The molecule has 4 aliphatic carbocycles. The van der Waals surface area contributed by atoms with E-state index in [-0.39, 0.29) is 0 Å². The summed E-state index contributed by atoms with van der Waals surface area (Å²) < 4.78 is 5.27. The van der Waals surface area contributed by atoms with Crippen molar-refractivity contribution in [1.82, 2.24) is 0 Å². The van der Waals surface area contributed by atoms with E-state index in [0.717, 1.165) is 18.9 Å². The molecule has 0 aromatic carbocycles. The monoisotopic (exact) mass is 279 g/mol. The number of ether oxygens (including phenoxy) is 1. The average molecular weight is 279 g/mol. The number of hydrogen-bond acceptors (Lipinski definition) is 2. The lowest BCUT2D eigenvalue weighted by Gasteiger charge is -2.67. The minimum Gasteiger partial charge on any atom is -0.385 e. The van der Waals surface area contributed by atoms with Gasteiger partial charge < -0.3 is 10.5 Å². The fraction of sp³-hybridized carbons (Fsp3) is 1.00. The van der Waals surface area contributed by atoms with Crippen molar-refractivity contribution >= 4 is 0 Å². The highest BCUT2D eigenvalue weighted by molar-refractivity contribution is 5.13. The average Bonchev–Trinajstić information content (AvgIpc) is 2.30. The molecule has 0 radical (unpaired) electrons. The van der Waals surface area contributed by atoms with Gasteiger partial charge in [-0.25, -0.2) is 0 Å². The summed E-state index contributed by atoms with van der Waals surface area (Å²) in [5.74, 6) is 1.53. The van der Waals surface area contributed by atoms with Gasteiger partial charge in [-0.05, 0) is 73.0 Å². The predicted octanol–water partition coefficient (Wildman–Crippen LogP) is 3.98. The Kier molecular flexibility index (Phi) is 3.49. The van der Waals surface area contributed by atoms with Gasteiger partial charge in [0.2, 0.25) is 0 Å². The lowest BCUT2D eigenvalue weighted by molar-refractivity contribution is -0.159. The maximum atomic E-state index is 6.82. The largest absolute Gasteiger partial charge is 0.385 e. The molecule has 4 unspecified atom stereocenters. The summed E-state index contributed by atoms with van der Waals surface area (Å²) in [6.45, 7) is 8.27. The molecule has 4 atom stereocenters.